The van der Waals surface area contributed by atoms with Gasteiger partial charge in [0.25, 0.3) is 0 Å². The first-order chi connectivity index (χ1) is 11.1. The maximum Gasteiger partial charge on any atom is 0.188 e. The Balaban J connectivity index is 2.09. The van der Waals surface area contributed by atoms with Crippen molar-refractivity contribution in [1.29, 1.82) is 0 Å². The van der Waals surface area contributed by atoms with E-state index < -0.39 is 0 Å². The Morgan fingerprint density at radius 1 is 1.09 bits per heavy atom. The van der Waals surface area contributed by atoms with Crippen LogP contribution in [0.1, 0.15) is 0 Å². The molecule has 120 valence electrons. The number of ether oxygens (including phenoxy) is 3. The predicted octanol–water partition coefficient (Wildman–Crippen LogP) is 3.99. The van der Waals surface area contributed by atoms with Crippen LogP contribution in [0, 0.1) is 0 Å². The summed E-state index contributed by atoms with van der Waals surface area (Å²) in [6, 6.07) is 10.0. The van der Waals surface area contributed by atoms with Gasteiger partial charge in [-0.05, 0) is 51.3 Å². The standard InChI is InChI=1S/C17H17BrN2O3/c1-20-9-13-6-12(8-16(22-3)17(13)19-20)11-4-5-14(18)15(7-11)23-10-21-2/h4-9H,10H2,1-3H3. The maximum atomic E-state index is 5.58. The number of rotatable bonds is 5. The molecule has 0 bridgehead atoms. The Hall–Kier alpha value is -2.05. The van der Waals surface area contributed by atoms with Crippen molar-refractivity contribution in [1.82, 2.24) is 9.78 Å². The molecule has 0 amide bonds. The van der Waals surface area contributed by atoms with E-state index in [2.05, 4.69) is 27.1 Å². The second-order valence-corrected chi connectivity index (χ2v) is 5.97. The Labute approximate surface area is 142 Å². The average Bonchev–Trinajstić information content (AvgIpc) is 2.93. The fourth-order valence-corrected chi connectivity index (χ4v) is 2.82. The summed E-state index contributed by atoms with van der Waals surface area (Å²) < 4.78 is 18.7. The van der Waals surface area contributed by atoms with E-state index in [-0.39, 0.29) is 6.79 Å². The summed E-state index contributed by atoms with van der Waals surface area (Å²) in [6.07, 6.45) is 1.97. The quantitative estimate of drug-likeness (QED) is 0.631. The molecule has 0 atom stereocenters. The molecule has 5 nitrogen and oxygen atoms in total. The van der Waals surface area contributed by atoms with Gasteiger partial charge in [0.2, 0.25) is 0 Å². The van der Waals surface area contributed by atoms with Crippen molar-refractivity contribution in [2.75, 3.05) is 21.0 Å². The van der Waals surface area contributed by atoms with Crippen LogP contribution in [0.4, 0.5) is 0 Å². The third-order valence-electron chi connectivity index (χ3n) is 3.50. The van der Waals surface area contributed by atoms with E-state index in [9.17, 15) is 0 Å². The first kappa shape index (κ1) is 15.8. The largest absolute Gasteiger partial charge is 0.494 e. The summed E-state index contributed by atoms with van der Waals surface area (Å²) >= 11 is 3.49. The molecule has 0 radical (unpaired) electrons. The molecule has 2 aromatic carbocycles. The summed E-state index contributed by atoms with van der Waals surface area (Å²) in [5.41, 5.74) is 2.92. The highest BCUT2D eigenvalue weighted by Gasteiger charge is 2.11. The van der Waals surface area contributed by atoms with E-state index in [4.69, 9.17) is 14.2 Å². The molecule has 0 spiro atoms. The topological polar surface area (TPSA) is 45.5 Å². The molecule has 3 rings (SSSR count). The number of aromatic nitrogens is 2. The molecule has 1 aromatic heterocycles. The maximum absolute atomic E-state index is 5.58. The summed E-state index contributed by atoms with van der Waals surface area (Å²) in [6.45, 7) is 0.201. The van der Waals surface area contributed by atoms with E-state index in [1.165, 1.54) is 0 Å². The molecule has 0 saturated heterocycles. The van der Waals surface area contributed by atoms with Crippen molar-refractivity contribution in [3.8, 4) is 22.6 Å². The minimum absolute atomic E-state index is 0.201. The van der Waals surface area contributed by atoms with Crippen LogP contribution >= 0.6 is 15.9 Å². The van der Waals surface area contributed by atoms with Gasteiger partial charge in [-0.25, -0.2) is 0 Å². The number of benzene rings is 2. The number of hydrogen-bond acceptors (Lipinski definition) is 4. The third-order valence-corrected chi connectivity index (χ3v) is 4.16. The van der Waals surface area contributed by atoms with Gasteiger partial charge in [0.05, 0.1) is 11.6 Å². The molecule has 0 aliphatic heterocycles. The lowest BCUT2D eigenvalue weighted by molar-refractivity contribution is 0.0506. The normalized spacial score (nSPS) is 11.0. The predicted molar refractivity (Wildman–Crippen MR) is 92.9 cm³/mol. The zero-order valence-corrected chi connectivity index (χ0v) is 14.8. The van der Waals surface area contributed by atoms with Crippen LogP contribution in [-0.4, -0.2) is 30.8 Å². The highest BCUT2D eigenvalue weighted by molar-refractivity contribution is 9.10. The summed E-state index contributed by atoms with van der Waals surface area (Å²) in [4.78, 5) is 0. The summed E-state index contributed by atoms with van der Waals surface area (Å²) in [5.74, 6) is 1.48. The fourth-order valence-electron chi connectivity index (χ4n) is 2.46. The molecule has 3 aromatic rings. The average molecular weight is 377 g/mol. The van der Waals surface area contributed by atoms with Gasteiger partial charge >= 0.3 is 0 Å². The second kappa shape index (κ2) is 6.60. The van der Waals surface area contributed by atoms with Crippen LogP contribution < -0.4 is 9.47 Å². The fraction of sp³-hybridized carbons (Fsp3) is 0.235. The number of fused-ring (bicyclic) bond motifs is 1. The van der Waals surface area contributed by atoms with Gasteiger partial charge in [-0.2, -0.15) is 5.10 Å². The van der Waals surface area contributed by atoms with Crippen molar-refractivity contribution in [2.24, 2.45) is 7.05 Å². The van der Waals surface area contributed by atoms with Crippen molar-refractivity contribution in [2.45, 2.75) is 0 Å². The van der Waals surface area contributed by atoms with Gasteiger partial charge in [-0.3, -0.25) is 4.68 Å². The van der Waals surface area contributed by atoms with E-state index in [0.717, 1.165) is 38.0 Å². The number of nitrogens with zero attached hydrogens (tertiary/aromatic N) is 2. The van der Waals surface area contributed by atoms with Crippen molar-refractivity contribution >= 4 is 26.8 Å². The van der Waals surface area contributed by atoms with Crippen molar-refractivity contribution in [3.05, 3.63) is 41.0 Å². The van der Waals surface area contributed by atoms with Gasteiger partial charge in [0.1, 0.15) is 17.0 Å². The molecular weight excluding hydrogens is 360 g/mol. The summed E-state index contributed by atoms with van der Waals surface area (Å²) in [7, 11) is 5.15. The lowest BCUT2D eigenvalue weighted by Gasteiger charge is -2.10. The minimum Gasteiger partial charge on any atom is -0.494 e. The summed E-state index contributed by atoms with van der Waals surface area (Å²) in [5, 5.41) is 5.47. The lowest BCUT2D eigenvalue weighted by Crippen LogP contribution is -1.99. The number of hydrogen-bond donors (Lipinski definition) is 0. The highest BCUT2D eigenvalue weighted by Crippen LogP contribution is 2.35. The first-order valence-electron chi connectivity index (χ1n) is 7.05. The lowest BCUT2D eigenvalue weighted by atomic mass is 10.0. The van der Waals surface area contributed by atoms with E-state index in [1.807, 2.05) is 37.5 Å². The SMILES string of the molecule is COCOc1cc(-c2cc(OC)c3nn(C)cc3c2)ccc1Br. The van der Waals surface area contributed by atoms with Crippen LogP contribution in [-0.2, 0) is 11.8 Å². The molecule has 0 aliphatic rings. The first-order valence-corrected chi connectivity index (χ1v) is 7.84. The Morgan fingerprint density at radius 3 is 2.61 bits per heavy atom. The molecule has 0 N–H and O–H groups in total. The van der Waals surface area contributed by atoms with Gasteiger partial charge in [-0.1, -0.05) is 6.07 Å². The Kier molecular flexibility index (Phi) is 4.54. The number of halogens is 1. The Bertz CT molecular complexity index is 845. The third kappa shape index (κ3) is 3.18. The molecule has 0 saturated carbocycles. The van der Waals surface area contributed by atoms with Crippen LogP contribution in [0.2, 0.25) is 0 Å². The van der Waals surface area contributed by atoms with Crippen LogP contribution in [0.15, 0.2) is 41.0 Å². The van der Waals surface area contributed by atoms with E-state index >= 15 is 0 Å². The van der Waals surface area contributed by atoms with Gasteiger partial charge in [-0.15, -0.1) is 0 Å². The smallest absolute Gasteiger partial charge is 0.188 e. The zero-order valence-electron chi connectivity index (χ0n) is 13.2. The van der Waals surface area contributed by atoms with Crippen LogP contribution in [0.5, 0.6) is 11.5 Å². The molecule has 0 unspecified atom stereocenters. The van der Waals surface area contributed by atoms with E-state index in [1.54, 1.807) is 18.9 Å². The molecule has 0 fully saturated rings. The van der Waals surface area contributed by atoms with E-state index in [0.29, 0.717) is 0 Å². The van der Waals surface area contributed by atoms with Gasteiger partial charge in [0.15, 0.2) is 6.79 Å². The number of methoxy groups -OCH3 is 2. The zero-order chi connectivity index (χ0) is 16.4. The highest BCUT2D eigenvalue weighted by atomic mass is 79.9. The van der Waals surface area contributed by atoms with Crippen LogP contribution in [0.25, 0.3) is 22.0 Å². The van der Waals surface area contributed by atoms with Gasteiger partial charge < -0.3 is 14.2 Å². The molecular formula is C17H17BrN2O3. The molecule has 0 aliphatic carbocycles. The minimum atomic E-state index is 0.201. The molecule has 6 heteroatoms. The number of aryl methyl sites for hydroxylation is 1. The Morgan fingerprint density at radius 2 is 1.87 bits per heavy atom. The molecule has 23 heavy (non-hydrogen) atoms. The van der Waals surface area contributed by atoms with Crippen molar-refractivity contribution < 1.29 is 14.2 Å². The van der Waals surface area contributed by atoms with Gasteiger partial charge in [0, 0.05) is 25.7 Å². The molecule has 1 heterocycles. The van der Waals surface area contributed by atoms with Crippen LogP contribution in [0.3, 0.4) is 0 Å². The van der Waals surface area contributed by atoms with Crippen molar-refractivity contribution in [3.63, 3.8) is 0 Å². The second-order valence-electron chi connectivity index (χ2n) is 5.12. The monoisotopic (exact) mass is 376 g/mol.